The summed E-state index contributed by atoms with van der Waals surface area (Å²) in [5, 5.41) is 4.14. The lowest BCUT2D eigenvalue weighted by Crippen LogP contribution is -2.16. The summed E-state index contributed by atoms with van der Waals surface area (Å²) in [5.74, 6) is 0. The molecule has 0 unspecified atom stereocenters. The summed E-state index contributed by atoms with van der Waals surface area (Å²) >= 11 is 0. The Balaban J connectivity index is 1.95. The van der Waals surface area contributed by atoms with Crippen molar-refractivity contribution in [1.82, 2.24) is 0 Å². The molecule has 0 bridgehead atoms. The molecule has 60 valence electrons. The summed E-state index contributed by atoms with van der Waals surface area (Å²) in [6, 6.07) is 0. The fourth-order valence-corrected chi connectivity index (χ4v) is 1.99. The van der Waals surface area contributed by atoms with E-state index in [0.717, 1.165) is 5.70 Å². The molecule has 0 aromatic carbocycles. The average molecular weight is 152 g/mol. The highest BCUT2D eigenvalue weighted by Crippen LogP contribution is 2.58. The Bertz CT molecular complexity index is 250. The lowest BCUT2D eigenvalue weighted by Gasteiger charge is -2.14. The van der Waals surface area contributed by atoms with E-state index < -0.39 is 0 Å². The van der Waals surface area contributed by atoms with Gasteiger partial charge in [-0.05, 0) is 6.92 Å². The van der Waals surface area contributed by atoms with Crippen molar-refractivity contribution >= 4 is 0 Å². The molecule has 0 amide bonds. The van der Waals surface area contributed by atoms with Crippen LogP contribution in [-0.2, 0) is 9.47 Å². The molecule has 2 saturated heterocycles. The first-order chi connectivity index (χ1) is 5.28. The van der Waals surface area contributed by atoms with E-state index in [0.29, 0.717) is 6.10 Å². The Morgan fingerprint density at radius 3 is 2.73 bits per heavy atom. The van der Waals surface area contributed by atoms with Crippen molar-refractivity contribution in [2.24, 2.45) is 0 Å². The first-order valence-corrected chi connectivity index (χ1v) is 3.94. The van der Waals surface area contributed by atoms with E-state index in [4.69, 9.17) is 9.47 Å². The SMILES string of the molecule is C[N-]C1=C[C@@]2(O[C@@H]2C)[C@H]2O[C@@H]12. The number of fused-ring (bicyclic) bond motifs is 2. The van der Waals surface area contributed by atoms with Crippen LogP contribution >= 0.6 is 0 Å². The van der Waals surface area contributed by atoms with E-state index in [-0.39, 0.29) is 17.8 Å². The highest BCUT2D eigenvalue weighted by Gasteiger charge is 2.70. The maximum Gasteiger partial charge on any atom is 0.140 e. The van der Waals surface area contributed by atoms with Crippen LogP contribution < -0.4 is 0 Å². The standard InChI is InChI=1S/C8H10NO2/c1-4-8(11-4)3-5(9-2)6-7(8)10-6/h3-4,6-7H,1-2H3/q-1/t4-,6+,7+,8+/m1/s1. The topological polar surface area (TPSA) is 39.2 Å². The summed E-state index contributed by atoms with van der Waals surface area (Å²) in [5.41, 5.74) is 0.999. The van der Waals surface area contributed by atoms with Gasteiger partial charge in [0.1, 0.15) is 11.7 Å². The van der Waals surface area contributed by atoms with E-state index in [1.54, 1.807) is 7.05 Å². The van der Waals surface area contributed by atoms with Crippen LogP contribution in [0.1, 0.15) is 6.92 Å². The predicted octanol–water partition coefficient (Wildman–Crippen LogP) is 0.812. The van der Waals surface area contributed by atoms with Gasteiger partial charge in [-0.3, -0.25) is 0 Å². The minimum Gasteiger partial charge on any atom is -0.688 e. The van der Waals surface area contributed by atoms with Crippen LogP contribution in [-0.4, -0.2) is 31.0 Å². The Kier molecular flexibility index (Phi) is 0.806. The van der Waals surface area contributed by atoms with Crippen molar-refractivity contribution in [1.29, 1.82) is 0 Å². The molecule has 11 heavy (non-hydrogen) atoms. The van der Waals surface area contributed by atoms with Gasteiger partial charge in [-0.25, -0.2) is 0 Å². The van der Waals surface area contributed by atoms with Crippen LogP contribution in [0.4, 0.5) is 0 Å². The van der Waals surface area contributed by atoms with Gasteiger partial charge in [0.15, 0.2) is 0 Å². The van der Waals surface area contributed by atoms with Crippen LogP contribution in [0.15, 0.2) is 11.8 Å². The van der Waals surface area contributed by atoms with E-state index in [1.165, 1.54) is 0 Å². The maximum absolute atomic E-state index is 5.49. The molecular weight excluding hydrogens is 142 g/mol. The molecular formula is C8H10NO2-. The molecule has 3 nitrogen and oxygen atoms in total. The number of likely N-dealkylation sites (N-methyl/N-ethyl adjacent to an activating group) is 1. The molecule has 0 aromatic heterocycles. The molecule has 3 aliphatic rings. The largest absolute Gasteiger partial charge is 0.688 e. The molecule has 0 radical (unpaired) electrons. The first kappa shape index (κ1) is 6.03. The van der Waals surface area contributed by atoms with Crippen molar-refractivity contribution in [3.8, 4) is 0 Å². The summed E-state index contributed by atoms with van der Waals surface area (Å²) in [4.78, 5) is 0. The predicted molar refractivity (Wildman–Crippen MR) is 39.3 cm³/mol. The van der Waals surface area contributed by atoms with Crippen molar-refractivity contribution in [3.05, 3.63) is 17.1 Å². The normalized spacial score (nSPS) is 57.3. The minimum atomic E-state index is -0.0699. The highest BCUT2D eigenvalue weighted by atomic mass is 16.7. The molecule has 3 rings (SSSR count). The van der Waals surface area contributed by atoms with Crippen LogP contribution in [0, 0.1) is 0 Å². The molecule has 0 saturated carbocycles. The smallest absolute Gasteiger partial charge is 0.140 e. The zero-order valence-electron chi connectivity index (χ0n) is 6.57. The van der Waals surface area contributed by atoms with Crippen LogP contribution in [0.3, 0.4) is 0 Å². The van der Waals surface area contributed by atoms with Crippen LogP contribution in [0.25, 0.3) is 5.32 Å². The molecule has 1 aliphatic carbocycles. The summed E-state index contributed by atoms with van der Waals surface area (Å²) < 4.78 is 10.9. The van der Waals surface area contributed by atoms with Gasteiger partial charge in [0.2, 0.25) is 0 Å². The molecule has 1 spiro atoms. The summed E-state index contributed by atoms with van der Waals surface area (Å²) in [6.45, 7) is 2.08. The first-order valence-electron chi connectivity index (χ1n) is 3.94. The van der Waals surface area contributed by atoms with E-state index in [2.05, 4.69) is 18.3 Å². The van der Waals surface area contributed by atoms with Crippen molar-refractivity contribution in [2.45, 2.75) is 30.8 Å². The number of epoxide rings is 2. The molecule has 2 aliphatic heterocycles. The Morgan fingerprint density at radius 1 is 1.64 bits per heavy atom. The number of hydrogen-bond donors (Lipinski definition) is 0. The van der Waals surface area contributed by atoms with Gasteiger partial charge in [0.25, 0.3) is 0 Å². The van der Waals surface area contributed by atoms with Gasteiger partial charge in [0, 0.05) is 0 Å². The van der Waals surface area contributed by atoms with Gasteiger partial charge < -0.3 is 14.8 Å². The molecule has 2 fully saturated rings. The van der Waals surface area contributed by atoms with Crippen LogP contribution in [0.2, 0.25) is 0 Å². The number of hydrogen-bond acceptors (Lipinski definition) is 2. The van der Waals surface area contributed by atoms with E-state index in [1.807, 2.05) is 0 Å². The van der Waals surface area contributed by atoms with Crippen molar-refractivity contribution < 1.29 is 9.47 Å². The lowest BCUT2D eigenvalue weighted by atomic mass is 10.1. The summed E-state index contributed by atoms with van der Waals surface area (Å²) in [6.07, 6.45) is 2.99. The molecule has 3 heteroatoms. The zero-order chi connectivity index (χ0) is 7.64. The molecule has 4 atom stereocenters. The highest BCUT2D eigenvalue weighted by molar-refractivity contribution is 5.45. The van der Waals surface area contributed by atoms with E-state index in [9.17, 15) is 0 Å². The quantitative estimate of drug-likeness (QED) is 0.521. The Morgan fingerprint density at radius 2 is 2.36 bits per heavy atom. The second-order valence-corrected chi connectivity index (χ2v) is 3.38. The monoisotopic (exact) mass is 152 g/mol. The van der Waals surface area contributed by atoms with Crippen molar-refractivity contribution in [2.75, 3.05) is 7.05 Å². The summed E-state index contributed by atoms with van der Waals surface area (Å²) in [7, 11) is 1.80. The van der Waals surface area contributed by atoms with E-state index >= 15 is 0 Å². The second-order valence-electron chi connectivity index (χ2n) is 3.38. The minimum absolute atomic E-state index is 0.0699. The zero-order valence-corrected chi connectivity index (χ0v) is 6.57. The molecule has 0 N–H and O–H groups in total. The average Bonchev–Trinajstić information content (AvgIpc) is 2.82. The molecule has 0 aromatic rings. The number of rotatable bonds is 1. The third-order valence-corrected chi connectivity index (χ3v) is 2.82. The van der Waals surface area contributed by atoms with Crippen molar-refractivity contribution in [3.63, 3.8) is 0 Å². The maximum atomic E-state index is 5.49. The van der Waals surface area contributed by atoms with Gasteiger partial charge in [-0.15, -0.1) is 12.7 Å². The third-order valence-electron chi connectivity index (χ3n) is 2.82. The fraction of sp³-hybridized carbons (Fsp3) is 0.750. The van der Waals surface area contributed by atoms with Gasteiger partial charge in [0.05, 0.1) is 12.2 Å². The lowest BCUT2D eigenvalue weighted by molar-refractivity contribution is 0.262. The van der Waals surface area contributed by atoms with Gasteiger partial charge in [-0.1, -0.05) is 6.08 Å². The van der Waals surface area contributed by atoms with Gasteiger partial charge >= 0.3 is 0 Å². The Labute approximate surface area is 65.4 Å². The Hall–Kier alpha value is -0.540. The second kappa shape index (κ2) is 1.47. The molecule has 2 heterocycles. The van der Waals surface area contributed by atoms with Gasteiger partial charge in [-0.2, -0.15) is 0 Å². The third kappa shape index (κ3) is 0.532. The number of nitrogens with zero attached hydrogens (tertiary/aromatic N) is 1. The fourth-order valence-electron chi connectivity index (χ4n) is 1.99. The number of ether oxygens (including phenoxy) is 2. The van der Waals surface area contributed by atoms with Crippen LogP contribution in [0.5, 0.6) is 0 Å².